The SMILES string of the molecule is C[C@H](CCC(=O)NCCC[N+](C)(C)CC(O)CS(=O)(=O)[O-])C1CCC2C3CCC4CCCC[C@]4(C)C3CC[C@@]21C. The summed E-state index contributed by atoms with van der Waals surface area (Å²) in [6.07, 6.45) is 15.3. The van der Waals surface area contributed by atoms with E-state index in [1.807, 2.05) is 14.1 Å². The molecule has 0 bridgehead atoms. The Labute approximate surface area is 244 Å². The number of likely N-dealkylation sites (N-methyl/N-ethyl adjacent to an activating group) is 1. The van der Waals surface area contributed by atoms with Crippen LogP contribution in [0.15, 0.2) is 0 Å². The van der Waals surface area contributed by atoms with Gasteiger partial charge in [-0.3, -0.25) is 4.79 Å². The molecule has 4 aliphatic carbocycles. The van der Waals surface area contributed by atoms with Gasteiger partial charge in [-0.05, 0) is 104 Å². The average Bonchev–Trinajstić information content (AvgIpc) is 3.20. The van der Waals surface area contributed by atoms with E-state index in [1.165, 1.54) is 64.2 Å². The topological polar surface area (TPSA) is 107 Å². The molecule has 0 radical (unpaired) electrons. The van der Waals surface area contributed by atoms with E-state index in [0.717, 1.165) is 42.4 Å². The second-order valence-electron chi connectivity index (χ2n) is 15.6. The summed E-state index contributed by atoms with van der Waals surface area (Å²) in [7, 11) is -0.648. The number of aliphatic hydroxyl groups excluding tert-OH is 1. The number of hydrogen-bond acceptors (Lipinski definition) is 5. The van der Waals surface area contributed by atoms with Crippen molar-refractivity contribution >= 4 is 16.0 Å². The predicted molar refractivity (Wildman–Crippen MR) is 158 cm³/mol. The Morgan fingerprint density at radius 3 is 2.48 bits per heavy atom. The van der Waals surface area contributed by atoms with Gasteiger partial charge in [0.1, 0.15) is 12.6 Å². The fourth-order valence-electron chi connectivity index (χ4n) is 10.6. The Kier molecular flexibility index (Phi) is 10.1. The number of aliphatic hydroxyl groups is 1. The number of carbonyl (C=O) groups excluding carboxylic acids is 1. The third-order valence-corrected chi connectivity index (χ3v) is 13.3. The van der Waals surface area contributed by atoms with Crippen LogP contribution in [0.25, 0.3) is 0 Å². The lowest BCUT2D eigenvalue weighted by molar-refractivity contribution is -0.893. The summed E-state index contributed by atoms with van der Waals surface area (Å²) in [5.74, 6) is 4.36. The van der Waals surface area contributed by atoms with Crippen molar-refractivity contribution < 1.29 is 27.4 Å². The summed E-state index contributed by atoms with van der Waals surface area (Å²) in [5, 5.41) is 13.0. The van der Waals surface area contributed by atoms with Crippen LogP contribution >= 0.6 is 0 Å². The van der Waals surface area contributed by atoms with Crippen molar-refractivity contribution in [3.63, 3.8) is 0 Å². The van der Waals surface area contributed by atoms with Crippen molar-refractivity contribution in [2.75, 3.05) is 39.5 Å². The largest absolute Gasteiger partial charge is 0.748 e. The van der Waals surface area contributed by atoms with E-state index in [2.05, 4.69) is 26.1 Å². The van der Waals surface area contributed by atoms with Crippen LogP contribution in [0.1, 0.15) is 104 Å². The first kappa shape index (κ1) is 32.2. The van der Waals surface area contributed by atoms with Crippen LogP contribution < -0.4 is 5.32 Å². The minimum atomic E-state index is -4.44. The molecule has 1 amide bonds. The zero-order valence-electron chi connectivity index (χ0n) is 26.0. The molecular weight excluding hydrogens is 524 g/mol. The standard InChI is InChI=1S/C32H58N2O5S/c1-23(10-15-30(36)33-19-8-20-34(4,5)21-25(35)22-40(37,38)39)27-13-14-28-26-12-11-24-9-6-7-17-31(24,2)29(26)16-18-32(27,28)3/h23-29,35H,6-22H2,1-5H3,(H-,33,36,37,38,39)/t23-,24?,25?,26?,27?,28?,29?,31+,32-/m1/s1. The number of hydrogen-bond donors (Lipinski definition) is 2. The maximum atomic E-state index is 12.7. The van der Waals surface area contributed by atoms with Crippen molar-refractivity contribution in [1.29, 1.82) is 0 Å². The first-order valence-electron chi connectivity index (χ1n) is 16.3. The summed E-state index contributed by atoms with van der Waals surface area (Å²) in [6.45, 7) is 9.10. The Morgan fingerprint density at radius 2 is 1.75 bits per heavy atom. The van der Waals surface area contributed by atoms with Gasteiger partial charge in [0.2, 0.25) is 5.91 Å². The van der Waals surface area contributed by atoms with E-state index in [-0.39, 0.29) is 12.5 Å². The van der Waals surface area contributed by atoms with Crippen molar-refractivity contribution in [2.24, 2.45) is 46.3 Å². The lowest BCUT2D eigenvalue weighted by Crippen LogP contribution is -2.53. The third-order valence-electron chi connectivity index (χ3n) is 12.5. The average molecular weight is 583 g/mol. The molecule has 0 aromatic heterocycles. The van der Waals surface area contributed by atoms with Gasteiger partial charge in [-0.15, -0.1) is 0 Å². The molecule has 4 aliphatic rings. The number of carbonyl (C=O) groups is 1. The second kappa shape index (κ2) is 12.5. The highest BCUT2D eigenvalue weighted by Crippen LogP contribution is 2.68. The predicted octanol–water partition coefficient (Wildman–Crippen LogP) is 4.94. The van der Waals surface area contributed by atoms with Crippen molar-refractivity contribution in [3.05, 3.63) is 0 Å². The van der Waals surface area contributed by atoms with Gasteiger partial charge in [-0.1, -0.05) is 33.6 Å². The highest BCUT2D eigenvalue weighted by Gasteiger charge is 2.60. The lowest BCUT2D eigenvalue weighted by Gasteiger charge is -2.61. The minimum absolute atomic E-state index is 0.113. The number of fused-ring (bicyclic) bond motifs is 5. The van der Waals surface area contributed by atoms with Crippen LogP contribution in [0, 0.1) is 46.3 Å². The lowest BCUT2D eigenvalue weighted by atomic mass is 9.44. The summed E-state index contributed by atoms with van der Waals surface area (Å²) in [5.41, 5.74) is 1.03. The molecule has 0 aromatic carbocycles. The summed E-state index contributed by atoms with van der Waals surface area (Å²) in [6, 6.07) is 0. The molecule has 4 rings (SSSR count). The van der Waals surface area contributed by atoms with E-state index in [4.69, 9.17) is 0 Å². The molecule has 6 unspecified atom stereocenters. The van der Waals surface area contributed by atoms with Crippen molar-refractivity contribution in [2.45, 2.75) is 110 Å². The fraction of sp³-hybridized carbons (Fsp3) is 0.969. The van der Waals surface area contributed by atoms with Crippen LogP contribution in [0.4, 0.5) is 0 Å². The molecule has 4 saturated carbocycles. The molecule has 232 valence electrons. The fourth-order valence-corrected chi connectivity index (χ4v) is 11.2. The maximum absolute atomic E-state index is 12.7. The molecule has 8 heteroatoms. The number of rotatable bonds is 12. The van der Waals surface area contributed by atoms with Crippen LogP contribution in [-0.4, -0.2) is 74.1 Å². The number of nitrogens with zero attached hydrogens (tertiary/aromatic N) is 1. The maximum Gasteiger partial charge on any atom is 0.220 e. The zero-order valence-corrected chi connectivity index (χ0v) is 26.8. The third kappa shape index (κ3) is 7.26. The minimum Gasteiger partial charge on any atom is -0.748 e. The first-order valence-corrected chi connectivity index (χ1v) is 17.9. The van der Waals surface area contributed by atoms with Gasteiger partial charge in [-0.25, -0.2) is 8.42 Å². The van der Waals surface area contributed by atoms with Gasteiger partial charge in [0.05, 0.1) is 36.5 Å². The molecule has 9 atom stereocenters. The van der Waals surface area contributed by atoms with Gasteiger partial charge in [-0.2, -0.15) is 0 Å². The van der Waals surface area contributed by atoms with E-state index in [0.29, 0.717) is 40.7 Å². The zero-order chi connectivity index (χ0) is 29.3. The highest BCUT2D eigenvalue weighted by molar-refractivity contribution is 7.85. The summed E-state index contributed by atoms with van der Waals surface area (Å²) < 4.78 is 33.1. The molecule has 4 fully saturated rings. The van der Waals surface area contributed by atoms with Gasteiger partial charge < -0.3 is 19.5 Å². The smallest absolute Gasteiger partial charge is 0.220 e. The Bertz CT molecular complexity index is 986. The van der Waals surface area contributed by atoms with E-state index in [1.54, 1.807) is 0 Å². The number of quaternary nitrogens is 1. The van der Waals surface area contributed by atoms with Gasteiger partial charge in [0, 0.05) is 19.4 Å². The van der Waals surface area contributed by atoms with Gasteiger partial charge in [0.25, 0.3) is 0 Å². The molecule has 0 saturated heterocycles. The quantitative estimate of drug-likeness (QED) is 0.193. The normalized spacial score (nSPS) is 37.6. The summed E-state index contributed by atoms with van der Waals surface area (Å²) >= 11 is 0. The Morgan fingerprint density at radius 1 is 1.02 bits per heavy atom. The van der Waals surface area contributed by atoms with Crippen LogP contribution in [0.3, 0.4) is 0 Å². The molecule has 0 aliphatic heterocycles. The number of amides is 1. The van der Waals surface area contributed by atoms with Crippen molar-refractivity contribution in [3.8, 4) is 0 Å². The Hall–Kier alpha value is -0.700. The number of nitrogens with one attached hydrogen (secondary N) is 1. The molecule has 40 heavy (non-hydrogen) atoms. The van der Waals surface area contributed by atoms with Gasteiger partial charge in [0.15, 0.2) is 0 Å². The molecule has 7 nitrogen and oxygen atoms in total. The van der Waals surface area contributed by atoms with Crippen LogP contribution in [-0.2, 0) is 14.9 Å². The molecule has 0 heterocycles. The monoisotopic (exact) mass is 582 g/mol. The first-order chi connectivity index (χ1) is 18.6. The van der Waals surface area contributed by atoms with E-state index >= 15 is 0 Å². The summed E-state index contributed by atoms with van der Waals surface area (Å²) in [4.78, 5) is 12.7. The molecule has 0 aromatic rings. The van der Waals surface area contributed by atoms with Gasteiger partial charge >= 0.3 is 0 Å². The molecular formula is C32H58N2O5S. The second-order valence-corrected chi connectivity index (χ2v) is 17.0. The molecule has 2 N–H and O–H groups in total. The van der Waals surface area contributed by atoms with E-state index in [9.17, 15) is 22.9 Å². The van der Waals surface area contributed by atoms with Crippen molar-refractivity contribution in [1.82, 2.24) is 5.32 Å². The highest BCUT2D eigenvalue weighted by atomic mass is 32.2. The molecule has 0 spiro atoms. The van der Waals surface area contributed by atoms with Crippen LogP contribution in [0.2, 0.25) is 0 Å². The Balaban J connectivity index is 1.20. The van der Waals surface area contributed by atoms with E-state index < -0.39 is 22.0 Å². The van der Waals surface area contributed by atoms with Crippen LogP contribution in [0.5, 0.6) is 0 Å².